The summed E-state index contributed by atoms with van der Waals surface area (Å²) in [5.74, 6) is -2.35. The van der Waals surface area contributed by atoms with Crippen LogP contribution in [-0.2, 0) is 52.8 Å². The lowest BCUT2D eigenvalue weighted by Crippen LogP contribution is -2.62. The zero-order valence-electron chi connectivity index (χ0n) is 40.0. The minimum atomic E-state index is -1.15. The highest BCUT2D eigenvalue weighted by Crippen LogP contribution is 2.53. The van der Waals surface area contributed by atoms with Crippen LogP contribution >= 0.6 is 0 Å². The van der Waals surface area contributed by atoms with Gasteiger partial charge in [-0.2, -0.15) is 0 Å². The number of methoxy groups -OCH3 is 1. The number of cyclic esters (lactones) is 1. The predicted molar refractivity (Wildman–Crippen MR) is 254 cm³/mol. The van der Waals surface area contributed by atoms with E-state index in [9.17, 15) is 29.1 Å². The number of rotatable bonds is 10. The molecule has 4 aromatic rings. The number of aromatic nitrogens is 2. The number of nitrogens with zero attached hydrogens (tertiary/aromatic N) is 5. The Morgan fingerprint density at radius 1 is 1.09 bits per heavy atom. The molecule has 15 heteroatoms. The number of likely N-dealkylation sites (N-methyl/N-ethyl adjacent to an activating group) is 1. The quantitative estimate of drug-likeness (QED) is 0.130. The van der Waals surface area contributed by atoms with Crippen LogP contribution in [0.2, 0.25) is 0 Å². The van der Waals surface area contributed by atoms with Crippen molar-refractivity contribution in [1.29, 1.82) is 0 Å². The molecule has 0 radical (unpaired) electrons. The molecule has 67 heavy (non-hydrogen) atoms. The molecule has 6 bridgehead atoms. The molecule has 2 aromatic carbocycles. The number of hydrazine groups is 1. The van der Waals surface area contributed by atoms with E-state index in [0.717, 1.165) is 44.5 Å². The summed E-state index contributed by atoms with van der Waals surface area (Å²) in [6.07, 6.45) is 4.28. The maximum Gasteiger partial charge on any atom is 0.324 e. The summed E-state index contributed by atoms with van der Waals surface area (Å²) in [5, 5.41) is 16.8. The van der Waals surface area contributed by atoms with Gasteiger partial charge in [0.25, 0.3) is 5.91 Å². The molecule has 0 spiro atoms. The highest BCUT2D eigenvalue weighted by Gasteiger charge is 2.61. The number of fused-ring (bicyclic) bond motifs is 7. The summed E-state index contributed by atoms with van der Waals surface area (Å²) in [4.78, 5) is 77.5. The van der Waals surface area contributed by atoms with Crippen LogP contribution in [0.15, 0.2) is 67.4 Å². The summed E-state index contributed by atoms with van der Waals surface area (Å²) in [6.45, 7) is 17.5. The number of likely N-dealkylation sites (tertiary alicyclic amines) is 1. The number of aromatic hydroxyl groups is 1. The highest BCUT2D eigenvalue weighted by molar-refractivity contribution is 5.96. The number of benzene rings is 2. The van der Waals surface area contributed by atoms with Crippen molar-refractivity contribution in [1.82, 2.24) is 35.1 Å². The average Bonchev–Trinajstić information content (AvgIpc) is 3.64. The number of piperidine rings is 1. The Kier molecular flexibility index (Phi) is 13.4. The maximum absolute atomic E-state index is 14.7. The number of ether oxygens (including phenoxy) is 2. The molecule has 15 nitrogen and oxygen atoms in total. The first-order valence-electron chi connectivity index (χ1n) is 23.6. The second kappa shape index (κ2) is 18.9. The molecule has 3 N–H and O–H groups in total. The fourth-order valence-electron chi connectivity index (χ4n) is 10.8. The van der Waals surface area contributed by atoms with E-state index >= 15 is 0 Å². The van der Waals surface area contributed by atoms with Gasteiger partial charge < -0.3 is 34.3 Å². The molecular weight excluding hydrogens is 851 g/mol. The summed E-state index contributed by atoms with van der Waals surface area (Å²) in [6, 6.07) is 12.6. The van der Waals surface area contributed by atoms with Crippen LogP contribution < -0.4 is 10.7 Å². The van der Waals surface area contributed by atoms with Crippen LogP contribution in [-0.4, -0.2) is 118 Å². The van der Waals surface area contributed by atoms with Crippen molar-refractivity contribution in [2.75, 3.05) is 40.4 Å². The van der Waals surface area contributed by atoms with Crippen LogP contribution in [0.1, 0.15) is 77.3 Å². The van der Waals surface area contributed by atoms with E-state index in [1.807, 2.05) is 39.0 Å². The van der Waals surface area contributed by atoms with Crippen molar-refractivity contribution in [3.63, 3.8) is 0 Å². The summed E-state index contributed by atoms with van der Waals surface area (Å²) < 4.78 is 14.2. The van der Waals surface area contributed by atoms with Gasteiger partial charge in [-0.15, -0.1) is 0 Å². The smallest absolute Gasteiger partial charge is 0.324 e. The number of esters is 1. The minimum absolute atomic E-state index is 0.00118. The third-order valence-electron chi connectivity index (χ3n) is 14.3. The summed E-state index contributed by atoms with van der Waals surface area (Å²) in [5.41, 5.74) is 9.58. The average molecular weight is 916 g/mol. The first kappa shape index (κ1) is 47.4. The molecule has 4 amide bonds. The Hall–Kier alpha value is -6.06. The first-order chi connectivity index (χ1) is 31.9. The van der Waals surface area contributed by atoms with Crippen LogP contribution in [0.25, 0.3) is 33.3 Å². The van der Waals surface area contributed by atoms with Gasteiger partial charge in [-0.3, -0.25) is 34.0 Å². The topological polar surface area (TPSA) is 176 Å². The number of carbonyl (C=O) groups is 5. The molecule has 356 valence electrons. The monoisotopic (exact) mass is 915 g/mol. The van der Waals surface area contributed by atoms with Crippen LogP contribution in [0, 0.1) is 29.1 Å². The van der Waals surface area contributed by atoms with Gasteiger partial charge in [0, 0.05) is 80.8 Å². The molecular formula is C52H65N7O8. The molecule has 3 aliphatic heterocycles. The van der Waals surface area contributed by atoms with Gasteiger partial charge >= 0.3 is 5.97 Å². The van der Waals surface area contributed by atoms with Gasteiger partial charge in [-0.25, -0.2) is 5.43 Å². The molecule has 8 rings (SSSR count). The number of pyridine rings is 1. The predicted octanol–water partition coefficient (Wildman–Crippen LogP) is 5.83. The van der Waals surface area contributed by atoms with Crippen LogP contribution in [0.4, 0.5) is 0 Å². The maximum atomic E-state index is 14.7. The zero-order chi connectivity index (χ0) is 48.1. The number of aryl methyl sites for hydroxylation is 1. The van der Waals surface area contributed by atoms with Gasteiger partial charge in [0.15, 0.2) is 0 Å². The minimum Gasteiger partial charge on any atom is -0.508 e. The van der Waals surface area contributed by atoms with E-state index < -0.39 is 41.3 Å². The molecule has 2 aromatic heterocycles. The largest absolute Gasteiger partial charge is 0.508 e. The van der Waals surface area contributed by atoms with Gasteiger partial charge in [0.2, 0.25) is 17.7 Å². The molecule has 1 aliphatic carbocycles. The van der Waals surface area contributed by atoms with Crippen molar-refractivity contribution >= 4 is 40.5 Å². The summed E-state index contributed by atoms with van der Waals surface area (Å²) >= 11 is 0. The Morgan fingerprint density at radius 3 is 2.52 bits per heavy atom. The standard InChI is InChI=1S/C52H65N7O8/c1-10-43(61)57-26-38-39(27-57)44(38)50(64)56(8)46(29(3)4)48(62)54-41-22-31-20-33(23-34(60)21-31)32-16-17-42-36(24-32)37(47(58(42)11-2)35-14-12-18-53-45(35)30(5)66-9)25-52(6,7)28-67-51(65)40-15-13-19-59(55-40)49(41)63/h10,12,14,16-18,20-21,23-24,29-30,38-41,44,46,55,60H,1,11,13,15,19,22,25-28H2,2-9H3,(H,54,62)/t30-,38-,39+,40-,41-,44-,46?/m0/s1. The van der Waals surface area contributed by atoms with Gasteiger partial charge in [-0.05, 0) is 116 Å². The third-order valence-corrected chi connectivity index (χ3v) is 14.3. The van der Waals surface area contributed by atoms with E-state index in [4.69, 9.17) is 14.5 Å². The number of amides is 4. The number of hydrogen-bond donors (Lipinski definition) is 3. The van der Waals surface area contributed by atoms with Gasteiger partial charge in [0.1, 0.15) is 23.9 Å². The Balaban J connectivity index is 1.18. The Morgan fingerprint density at radius 2 is 1.84 bits per heavy atom. The number of nitrogens with one attached hydrogen (secondary N) is 2. The summed E-state index contributed by atoms with van der Waals surface area (Å²) in [7, 11) is 3.30. The molecule has 1 saturated carbocycles. The number of carbonyl (C=O) groups excluding carboxylic acids is 5. The lowest BCUT2D eigenvalue weighted by Gasteiger charge is -2.37. The molecule has 2 saturated heterocycles. The SMILES string of the molecule is C=CC(=O)N1C[C@@H]2[C@H](C1)[C@@H]2C(=O)N(C)C(C(=O)N[C@H]1Cc2cc(O)cc(c2)-c2ccc3c(c2)c(c(-c2cccnc2[C@H](C)OC)n3CC)CC(C)(C)COC(=O)[C@@H]2CCCN(N2)C1=O)C(C)C. The fraction of sp³-hybridized carbons (Fsp3) is 0.500. The second-order valence-corrected chi connectivity index (χ2v) is 20.0. The van der Waals surface area contributed by atoms with E-state index in [2.05, 4.69) is 60.9 Å². The zero-order valence-corrected chi connectivity index (χ0v) is 40.0. The number of hydrogen-bond acceptors (Lipinski definition) is 10. The first-order valence-corrected chi connectivity index (χ1v) is 23.6. The van der Waals surface area contributed by atoms with Crippen molar-refractivity contribution in [3.05, 3.63) is 84.2 Å². The lowest BCUT2D eigenvalue weighted by atomic mass is 9.84. The fourth-order valence-corrected chi connectivity index (χ4v) is 10.8. The number of phenolic OH excluding ortho intramolecular Hbond substituents is 1. The van der Waals surface area contributed by atoms with Crippen molar-refractivity contribution in [3.8, 4) is 28.1 Å². The molecule has 4 aliphatic rings. The molecule has 5 heterocycles. The molecule has 1 unspecified atom stereocenters. The van der Waals surface area contributed by atoms with Crippen molar-refractivity contribution in [2.24, 2.45) is 29.1 Å². The van der Waals surface area contributed by atoms with Crippen LogP contribution in [0.3, 0.4) is 0 Å². The van der Waals surface area contributed by atoms with E-state index in [1.165, 1.54) is 16.0 Å². The Labute approximate surface area is 392 Å². The lowest BCUT2D eigenvalue weighted by molar-refractivity contribution is -0.155. The molecule has 7 atom stereocenters. The van der Waals surface area contributed by atoms with Crippen molar-refractivity contribution < 1.29 is 38.6 Å². The van der Waals surface area contributed by atoms with E-state index in [0.29, 0.717) is 44.5 Å². The second-order valence-electron chi connectivity index (χ2n) is 20.0. The van der Waals surface area contributed by atoms with Gasteiger partial charge in [0.05, 0.1) is 24.1 Å². The third kappa shape index (κ3) is 9.32. The van der Waals surface area contributed by atoms with Gasteiger partial charge in [-0.1, -0.05) is 46.4 Å². The van der Waals surface area contributed by atoms with Crippen LogP contribution in [0.5, 0.6) is 5.75 Å². The highest BCUT2D eigenvalue weighted by atomic mass is 16.5. The van der Waals surface area contributed by atoms with Crippen molar-refractivity contribution in [2.45, 2.75) is 98.0 Å². The number of phenols is 1. The van der Waals surface area contributed by atoms with E-state index in [-0.39, 0.29) is 66.9 Å². The Bertz CT molecular complexity index is 2590. The normalized spacial score (nSPS) is 23.5. The van der Waals surface area contributed by atoms with E-state index in [1.54, 1.807) is 37.4 Å². The molecule has 3 fully saturated rings.